The van der Waals surface area contributed by atoms with Crippen molar-refractivity contribution in [2.45, 2.75) is 64.5 Å². The second-order valence-electron chi connectivity index (χ2n) is 5.79. The summed E-state index contributed by atoms with van der Waals surface area (Å²) in [5.41, 5.74) is 0. The Morgan fingerprint density at radius 3 is 2.44 bits per heavy atom. The van der Waals surface area contributed by atoms with Crippen molar-refractivity contribution in [3.8, 4) is 0 Å². The first-order valence-corrected chi connectivity index (χ1v) is 7.27. The third-order valence-electron chi connectivity index (χ3n) is 4.21. The molecule has 1 atom stereocenters. The fourth-order valence-corrected chi connectivity index (χ4v) is 2.88. The van der Waals surface area contributed by atoms with Gasteiger partial charge in [-0.3, -0.25) is 0 Å². The van der Waals surface area contributed by atoms with E-state index in [1.807, 2.05) is 0 Å². The van der Waals surface area contributed by atoms with Gasteiger partial charge in [0.05, 0.1) is 0 Å². The molecule has 1 heterocycles. The third kappa shape index (κ3) is 3.74. The van der Waals surface area contributed by atoms with Crippen molar-refractivity contribution >= 4 is 0 Å². The fraction of sp³-hybridized carbons (Fsp3) is 1.00. The summed E-state index contributed by atoms with van der Waals surface area (Å²) in [6.07, 6.45) is 8.42. The maximum absolute atomic E-state index is 3.66. The highest BCUT2D eigenvalue weighted by Gasteiger charge is 2.28. The molecule has 16 heavy (non-hydrogen) atoms. The summed E-state index contributed by atoms with van der Waals surface area (Å²) >= 11 is 0. The van der Waals surface area contributed by atoms with Crippen LogP contribution >= 0.6 is 0 Å². The molecule has 1 saturated carbocycles. The molecule has 2 heteroatoms. The van der Waals surface area contributed by atoms with Crippen LogP contribution in [0.15, 0.2) is 0 Å². The zero-order chi connectivity index (χ0) is 11.4. The molecular formula is C14H28N2. The normalized spacial score (nSPS) is 25.9. The predicted octanol–water partition coefficient (Wildman–Crippen LogP) is 2.64. The standard InChI is InChI=1S/C14H28N2/c1-3-8-15-14-6-9-16(10-7-14)12(2)11-13-4-5-13/h12-15H,3-11H2,1-2H3. The Morgan fingerprint density at radius 2 is 1.88 bits per heavy atom. The molecule has 0 spiro atoms. The second kappa shape index (κ2) is 6.02. The van der Waals surface area contributed by atoms with E-state index in [0.717, 1.165) is 18.0 Å². The summed E-state index contributed by atoms with van der Waals surface area (Å²) in [6, 6.07) is 1.63. The van der Waals surface area contributed by atoms with Crippen molar-refractivity contribution in [1.29, 1.82) is 0 Å². The number of nitrogens with one attached hydrogen (secondary N) is 1. The molecule has 2 aliphatic rings. The first-order valence-electron chi connectivity index (χ1n) is 7.27. The minimum absolute atomic E-state index is 0.796. The van der Waals surface area contributed by atoms with Gasteiger partial charge in [-0.05, 0) is 58.2 Å². The first-order chi connectivity index (χ1) is 7.79. The van der Waals surface area contributed by atoms with E-state index in [4.69, 9.17) is 0 Å². The highest BCUT2D eigenvalue weighted by molar-refractivity contribution is 4.83. The minimum Gasteiger partial charge on any atom is -0.314 e. The monoisotopic (exact) mass is 224 g/mol. The van der Waals surface area contributed by atoms with Crippen LogP contribution in [0.2, 0.25) is 0 Å². The van der Waals surface area contributed by atoms with Crippen LogP contribution < -0.4 is 5.32 Å². The summed E-state index contributed by atoms with van der Waals surface area (Å²) in [4.78, 5) is 2.71. The maximum Gasteiger partial charge on any atom is 0.00914 e. The van der Waals surface area contributed by atoms with E-state index in [1.54, 1.807) is 0 Å². The molecule has 0 aromatic heterocycles. The maximum atomic E-state index is 3.66. The van der Waals surface area contributed by atoms with Gasteiger partial charge in [0.15, 0.2) is 0 Å². The smallest absolute Gasteiger partial charge is 0.00914 e. The average Bonchev–Trinajstić information content (AvgIpc) is 3.11. The molecule has 1 unspecified atom stereocenters. The Bertz CT molecular complexity index is 193. The molecule has 2 fully saturated rings. The number of hydrogen-bond donors (Lipinski definition) is 1. The fourth-order valence-electron chi connectivity index (χ4n) is 2.88. The van der Waals surface area contributed by atoms with E-state index in [0.29, 0.717) is 0 Å². The summed E-state index contributed by atoms with van der Waals surface area (Å²) in [5, 5.41) is 3.66. The van der Waals surface area contributed by atoms with Gasteiger partial charge >= 0.3 is 0 Å². The molecule has 0 aromatic carbocycles. The van der Waals surface area contributed by atoms with E-state index in [9.17, 15) is 0 Å². The molecule has 2 nitrogen and oxygen atoms in total. The van der Waals surface area contributed by atoms with Gasteiger partial charge < -0.3 is 10.2 Å². The van der Waals surface area contributed by atoms with E-state index in [-0.39, 0.29) is 0 Å². The Labute approximate surface area is 101 Å². The highest BCUT2D eigenvalue weighted by Crippen LogP contribution is 2.35. The molecular weight excluding hydrogens is 196 g/mol. The first kappa shape index (κ1) is 12.4. The van der Waals surface area contributed by atoms with E-state index >= 15 is 0 Å². The quantitative estimate of drug-likeness (QED) is 0.746. The average molecular weight is 224 g/mol. The molecule has 1 aliphatic carbocycles. The number of piperidine rings is 1. The van der Waals surface area contributed by atoms with Gasteiger partial charge in [0.2, 0.25) is 0 Å². The lowest BCUT2D eigenvalue weighted by atomic mass is 10.0. The van der Waals surface area contributed by atoms with Crippen molar-refractivity contribution in [3.63, 3.8) is 0 Å². The lowest BCUT2D eigenvalue weighted by molar-refractivity contribution is 0.142. The zero-order valence-electron chi connectivity index (χ0n) is 11.0. The molecule has 94 valence electrons. The Hall–Kier alpha value is -0.0800. The lowest BCUT2D eigenvalue weighted by Gasteiger charge is -2.36. The number of hydrogen-bond acceptors (Lipinski definition) is 2. The lowest BCUT2D eigenvalue weighted by Crippen LogP contribution is -2.46. The van der Waals surface area contributed by atoms with Gasteiger partial charge in [0, 0.05) is 12.1 Å². The van der Waals surface area contributed by atoms with Crippen LogP contribution in [0, 0.1) is 5.92 Å². The summed E-state index contributed by atoms with van der Waals surface area (Å²) in [6.45, 7) is 8.50. The Balaban J connectivity index is 1.63. The molecule has 0 radical (unpaired) electrons. The second-order valence-corrected chi connectivity index (χ2v) is 5.79. The van der Waals surface area contributed by atoms with Crippen molar-refractivity contribution in [1.82, 2.24) is 10.2 Å². The van der Waals surface area contributed by atoms with Crippen molar-refractivity contribution in [2.24, 2.45) is 5.92 Å². The van der Waals surface area contributed by atoms with E-state index < -0.39 is 0 Å². The molecule has 1 saturated heterocycles. The Kier molecular flexibility index (Phi) is 4.66. The topological polar surface area (TPSA) is 15.3 Å². The third-order valence-corrected chi connectivity index (χ3v) is 4.21. The van der Waals surface area contributed by atoms with Crippen LogP contribution in [0.5, 0.6) is 0 Å². The zero-order valence-corrected chi connectivity index (χ0v) is 11.0. The molecule has 2 rings (SSSR count). The SMILES string of the molecule is CCCNC1CCN(C(C)CC2CC2)CC1. The van der Waals surface area contributed by atoms with Crippen LogP contribution in [0.4, 0.5) is 0 Å². The molecule has 0 aromatic rings. The Morgan fingerprint density at radius 1 is 1.19 bits per heavy atom. The number of likely N-dealkylation sites (tertiary alicyclic amines) is 1. The van der Waals surface area contributed by atoms with Crippen LogP contribution in [-0.2, 0) is 0 Å². The summed E-state index contributed by atoms with van der Waals surface area (Å²) in [7, 11) is 0. The molecule has 1 aliphatic heterocycles. The number of rotatable bonds is 6. The van der Waals surface area contributed by atoms with E-state index in [2.05, 4.69) is 24.1 Å². The van der Waals surface area contributed by atoms with Gasteiger partial charge in [-0.2, -0.15) is 0 Å². The van der Waals surface area contributed by atoms with Crippen molar-refractivity contribution < 1.29 is 0 Å². The molecule has 0 bridgehead atoms. The van der Waals surface area contributed by atoms with Crippen LogP contribution in [-0.4, -0.2) is 36.6 Å². The summed E-state index contributed by atoms with van der Waals surface area (Å²) in [5.74, 6) is 1.07. The highest BCUT2D eigenvalue weighted by atomic mass is 15.2. The van der Waals surface area contributed by atoms with Crippen LogP contribution in [0.25, 0.3) is 0 Å². The van der Waals surface area contributed by atoms with Crippen molar-refractivity contribution in [2.75, 3.05) is 19.6 Å². The predicted molar refractivity (Wildman–Crippen MR) is 69.7 cm³/mol. The summed E-state index contributed by atoms with van der Waals surface area (Å²) < 4.78 is 0. The molecule has 0 amide bonds. The van der Waals surface area contributed by atoms with Gasteiger partial charge in [-0.25, -0.2) is 0 Å². The van der Waals surface area contributed by atoms with Gasteiger partial charge in [-0.15, -0.1) is 0 Å². The largest absolute Gasteiger partial charge is 0.314 e. The van der Waals surface area contributed by atoms with Crippen molar-refractivity contribution in [3.05, 3.63) is 0 Å². The minimum atomic E-state index is 0.796. The van der Waals surface area contributed by atoms with Crippen LogP contribution in [0.3, 0.4) is 0 Å². The van der Waals surface area contributed by atoms with Crippen LogP contribution in [0.1, 0.15) is 52.4 Å². The molecule has 1 N–H and O–H groups in total. The van der Waals surface area contributed by atoms with Gasteiger partial charge in [0.1, 0.15) is 0 Å². The van der Waals surface area contributed by atoms with E-state index in [1.165, 1.54) is 58.2 Å². The van der Waals surface area contributed by atoms with Gasteiger partial charge in [0.25, 0.3) is 0 Å². The number of nitrogens with zero attached hydrogens (tertiary/aromatic N) is 1. The van der Waals surface area contributed by atoms with Gasteiger partial charge in [-0.1, -0.05) is 19.8 Å².